The fourth-order valence-electron chi connectivity index (χ4n) is 2.76. The molecule has 0 radical (unpaired) electrons. The second-order valence-corrected chi connectivity index (χ2v) is 6.09. The fourth-order valence-corrected chi connectivity index (χ4v) is 2.76. The van der Waals surface area contributed by atoms with Gasteiger partial charge in [0.2, 0.25) is 0 Å². The molecule has 20 heavy (non-hydrogen) atoms. The standard InChI is InChI=1S/C17H21FO2/c1-11(2)16(19)20-17(3,4)13-8-9-14-12(10-13)6-5-7-15(14)18/h5-7,13H,1,8-10H2,2-4H3. The second-order valence-electron chi connectivity index (χ2n) is 6.09. The van der Waals surface area contributed by atoms with Crippen LogP contribution in [0.15, 0.2) is 30.4 Å². The molecule has 0 N–H and O–H groups in total. The Kier molecular flexibility index (Phi) is 3.98. The van der Waals surface area contributed by atoms with Gasteiger partial charge >= 0.3 is 5.97 Å². The average molecular weight is 276 g/mol. The van der Waals surface area contributed by atoms with E-state index in [0.29, 0.717) is 12.0 Å². The van der Waals surface area contributed by atoms with Gasteiger partial charge in [0.1, 0.15) is 11.4 Å². The molecule has 1 unspecified atom stereocenters. The average Bonchev–Trinajstić information content (AvgIpc) is 2.38. The minimum atomic E-state index is -0.569. The smallest absolute Gasteiger partial charge is 0.333 e. The number of carbonyl (C=O) groups is 1. The summed E-state index contributed by atoms with van der Waals surface area (Å²) in [6.07, 6.45) is 2.26. The van der Waals surface area contributed by atoms with E-state index in [0.717, 1.165) is 24.0 Å². The number of halogens is 1. The van der Waals surface area contributed by atoms with E-state index in [-0.39, 0.29) is 17.7 Å². The van der Waals surface area contributed by atoms with E-state index >= 15 is 0 Å². The van der Waals surface area contributed by atoms with Gasteiger partial charge in [0.15, 0.2) is 0 Å². The highest BCUT2D eigenvalue weighted by Gasteiger charge is 2.36. The Morgan fingerprint density at radius 3 is 2.80 bits per heavy atom. The molecule has 1 atom stereocenters. The largest absolute Gasteiger partial charge is 0.456 e. The molecule has 1 aliphatic carbocycles. The number of rotatable bonds is 3. The maximum Gasteiger partial charge on any atom is 0.333 e. The lowest BCUT2D eigenvalue weighted by atomic mass is 9.76. The van der Waals surface area contributed by atoms with E-state index in [1.807, 2.05) is 19.9 Å². The third-order valence-corrected chi connectivity index (χ3v) is 4.11. The number of hydrogen-bond acceptors (Lipinski definition) is 2. The van der Waals surface area contributed by atoms with Crippen LogP contribution in [-0.4, -0.2) is 11.6 Å². The third-order valence-electron chi connectivity index (χ3n) is 4.11. The summed E-state index contributed by atoms with van der Waals surface area (Å²) in [5.74, 6) is -0.294. The lowest BCUT2D eigenvalue weighted by molar-refractivity contribution is -0.157. The fraction of sp³-hybridized carbons (Fsp3) is 0.471. The molecule has 1 aromatic rings. The van der Waals surface area contributed by atoms with E-state index in [4.69, 9.17) is 4.74 Å². The molecule has 2 rings (SSSR count). The van der Waals surface area contributed by atoms with Crippen molar-refractivity contribution in [2.75, 3.05) is 0 Å². The van der Waals surface area contributed by atoms with Gasteiger partial charge in [-0.05, 0) is 57.2 Å². The predicted octanol–water partition coefficient (Wildman–Crippen LogP) is 3.83. The monoisotopic (exact) mass is 276 g/mol. The molecule has 2 nitrogen and oxygen atoms in total. The Morgan fingerprint density at radius 2 is 2.15 bits per heavy atom. The molecule has 0 spiro atoms. The topological polar surface area (TPSA) is 26.3 Å². The van der Waals surface area contributed by atoms with Crippen LogP contribution in [0.2, 0.25) is 0 Å². The van der Waals surface area contributed by atoms with Gasteiger partial charge in [0, 0.05) is 11.5 Å². The van der Waals surface area contributed by atoms with Crippen LogP contribution in [0.3, 0.4) is 0 Å². The first kappa shape index (κ1) is 14.8. The van der Waals surface area contributed by atoms with Crippen LogP contribution in [0.5, 0.6) is 0 Å². The van der Waals surface area contributed by atoms with Crippen molar-refractivity contribution in [3.63, 3.8) is 0 Å². The maximum atomic E-state index is 13.7. The van der Waals surface area contributed by atoms with Crippen molar-refractivity contribution in [2.24, 2.45) is 5.92 Å². The predicted molar refractivity (Wildman–Crippen MR) is 76.9 cm³/mol. The zero-order chi connectivity index (χ0) is 14.9. The summed E-state index contributed by atoms with van der Waals surface area (Å²) in [6, 6.07) is 5.20. The number of carbonyl (C=O) groups excluding carboxylic acids is 1. The highest BCUT2D eigenvalue weighted by molar-refractivity contribution is 5.87. The molecule has 0 saturated heterocycles. The maximum absolute atomic E-state index is 13.7. The van der Waals surface area contributed by atoms with Crippen molar-refractivity contribution >= 4 is 5.97 Å². The van der Waals surface area contributed by atoms with Crippen LogP contribution in [0.4, 0.5) is 4.39 Å². The minimum Gasteiger partial charge on any atom is -0.456 e. The lowest BCUT2D eigenvalue weighted by Gasteiger charge is -2.37. The molecule has 0 fully saturated rings. The first-order chi connectivity index (χ1) is 9.31. The van der Waals surface area contributed by atoms with Crippen LogP contribution < -0.4 is 0 Å². The SMILES string of the molecule is C=C(C)C(=O)OC(C)(C)C1CCc2c(F)cccc2C1. The Labute approximate surface area is 119 Å². The minimum absolute atomic E-state index is 0.127. The van der Waals surface area contributed by atoms with Crippen molar-refractivity contribution in [1.29, 1.82) is 0 Å². The molecular formula is C17H21FO2. The summed E-state index contributed by atoms with van der Waals surface area (Å²) < 4.78 is 19.3. The van der Waals surface area contributed by atoms with Crippen LogP contribution in [-0.2, 0) is 22.4 Å². The zero-order valence-corrected chi connectivity index (χ0v) is 12.3. The van der Waals surface area contributed by atoms with E-state index in [1.165, 1.54) is 6.07 Å². The van der Waals surface area contributed by atoms with Gasteiger partial charge in [-0.15, -0.1) is 0 Å². The van der Waals surface area contributed by atoms with Crippen LogP contribution in [0.1, 0.15) is 38.3 Å². The summed E-state index contributed by atoms with van der Waals surface area (Å²) in [5, 5.41) is 0. The van der Waals surface area contributed by atoms with E-state index in [9.17, 15) is 9.18 Å². The van der Waals surface area contributed by atoms with Crippen molar-refractivity contribution < 1.29 is 13.9 Å². The zero-order valence-electron chi connectivity index (χ0n) is 12.3. The van der Waals surface area contributed by atoms with Gasteiger partial charge < -0.3 is 4.74 Å². The Morgan fingerprint density at radius 1 is 1.45 bits per heavy atom. The number of benzene rings is 1. The van der Waals surface area contributed by atoms with Crippen molar-refractivity contribution in [2.45, 2.75) is 45.6 Å². The van der Waals surface area contributed by atoms with E-state index < -0.39 is 5.60 Å². The van der Waals surface area contributed by atoms with Gasteiger partial charge in [-0.3, -0.25) is 0 Å². The summed E-state index contributed by atoms with van der Waals surface area (Å²) in [6.45, 7) is 9.09. The number of hydrogen-bond donors (Lipinski definition) is 0. The van der Waals surface area contributed by atoms with Gasteiger partial charge in [0.05, 0.1) is 0 Å². The molecule has 0 aliphatic heterocycles. The second kappa shape index (κ2) is 5.39. The summed E-state index contributed by atoms with van der Waals surface area (Å²) in [4.78, 5) is 11.7. The van der Waals surface area contributed by atoms with Crippen LogP contribution >= 0.6 is 0 Å². The highest BCUT2D eigenvalue weighted by Crippen LogP contribution is 2.35. The summed E-state index contributed by atoms with van der Waals surface area (Å²) >= 11 is 0. The van der Waals surface area contributed by atoms with Crippen molar-refractivity contribution in [1.82, 2.24) is 0 Å². The van der Waals surface area contributed by atoms with Gasteiger partial charge in [0.25, 0.3) is 0 Å². The molecule has 3 heteroatoms. The lowest BCUT2D eigenvalue weighted by Crippen LogP contribution is -2.40. The third kappa shape index (κ3) is 2.92. The molecule has 108 valence electrons. The van der Waals surface area contributed by atoms with Gasteiger partial charge in [-0.25, -0.2) is 9.18 Å². The van der Waals surface area contributed by atoms with E-state index in [2.05, 4.69) is 6.58 Å². The summed E-state index contributed by atoms with van der Waals surface area (Å²) in [5.41, 5.74) is 1.67. The Bertz CT molecular complexity index is 546. The first-order valence-electron chi connectivity index (χ1n) is 6.96. The van der Waals surface area contributed by atoms with E-state index in [1.54, 1.807) is 13.0 Å². The number of ether oxygens (including phenoxy) is 1. The van der Waals surface area contributed by atoms with Crippen LogP contribution in [0, 0.1) is 11.7 Å². The quantitative estimate of drug-likeness (QED) is 0.619. The number of esters is 1. The molecule has 0 amide bonds. The first-order valence-corrected chi connectivity index (χ1v) is 6.96. The van der Waals surface area contributed by atoms with Crippen LogP contribution in [0.25, 0.3) is 0 Å². The Balaban J connectivity index is 2.16. The van der Waals surface area contributed by atoms with Gasteiger partial charge in [-0.2, -0.15) is 0 Å². The molecule has 1 aromatic carbocycles. The molecule has 0 bridgehead atoms. The molecule has 0 aromatic heterocycles. The molecule has 1 aliphatic rings. The van der Waals surface area contributed by atoms with Gasteiger partial charge in [-0.1, -0.05) is 18.7 Å². The van der Waals surface area contributed by atoms with Crippen molar-refractivity contribution in [3.05, 3.63) is 47.3 Å². The summed E-state index contributed by atoms with van der Waals surface area (Å²) in [7, 11) is 0. The number of fused-ring (bicyclic) bond motifs is 1. The highest BCUT2D eigenvalue weighted by atomic mass is 19.1. The molecular weight excluding hydrogens is 255 g/mol. The van der Waals surface area contributed by atoms with Crippen molar-refractivity contribution in [3.8, 4) is 0 Å². The molecule has 0 heterocycles. The Hall–Kier alpha value is -1.64. The molecule has 0 saturated carbocycles. The normalized spacial score (nSPS) is 18.3.